The summed E-state index contributed by atoms with van der Waals surface area (Å²) in [5.41, 5.74) is 1.80. The molecule has 0 amide bonds. The Bertz CT molecular complexity index is 538. The normalized spacial score (nSPS) is 24.5. The fourth-order valence-electron chi connectivity index (χ4n) is 2.52. The zero-order valence-electron chi connectivity index (χ0n) is 10.9. The molecule has 19 heavy (non-hydrogen) atoms. The fraction of sp³-hybridized carbons (Fsp3) is 0.400. The van der Waals surface area contributed by atoms with Gasteiger partial charge >= 0.3 is 0 Å². The Kier molecular flexibility index (Phi) is 3.36. The fourth-order valence-corrected chi connectivity index (χ4v) is 2.52. The Morgan fingerprint density at radius 3 is 2.84 bits per heavy atom. The van der Waals surface area contributed by atoms with Crippen LogP contribution < -0.4 is 0 Å². The zero-order valence-corrected chi connectivity index (χ0v) is 10.9. The van der Waals surface area contributed by atoms with Gasteiger partial charge in [-0.05, 0) is 24.5 Å². The number of aliphatic hydroxyl groups excluding tert-OH is 1. The van der Waals surface area contributed by atoms with Crippen molar-refractivity contribution in [2.24, 2.45) is 5.92 Å². The second-order valence-corrected chi connectivity index (χ2v) is 5.10. The molecule has 3 rings (SSSR count). The Balaban J connectivity index is 1.81. The highest BCUT2D eigenvalue weighted by molar-refractivity contribution is 5.31. The summed E-state index contributed by atoms with van der Waals surface area (Å²) in [6.45, 7) is 2.85. The molecule has 3 atom stereocenters. The van der Waals surface area contributed by atoms with Gasteiger partial charge in [-0.1, -0.05) is 25.1 Å². The molecular weight excluding hydrogens is 240 g/mol. The van der Waals surface area contributed by atoms with Crippen LogP contribution in [0.1, 0.15) is 25.0 Å². The van der Waals surface area contributed by atoms with E-state index in [1.165, 1.54) is 0 Å². The van der Waals surface area contributed by atoms with Crippen molar-refractivity contribution in [2.75, 3.05) is 6.61 Å². The van der Waals surface area contributed by atoms with E-state index in [2.05, 4.69) is 12.0 Å². The molecule has 0 bridgehead atoms. The number of rotatable bonds is 3. The number of benzene rings is 1. The lowest BCUT2D eigenvalue weighted by molar-refractivity contribution is -0.0178. The number of hydrogen-bond acceptors (Lipinski definition) is 3. The topological polar surface area (TPSA) is 47.3 Å². The van der Waals surface area contributed by atoms with Crippen LogP contribution in [0.25, 0.3) is 5.69 Å². The summed E-state index contributed by atoms with van der Waals surface area (Å²) < 4.78 is 7.39. The molecule has 0 aliphatic carbocycles. The van der Waals surface area contributed by atoms with Crippen LogP contribution in [0.5, 0.6) is 0 Å². The molecule has 1 aromatic heterocycles. The molecule has 1 N–H and O–H groups in total. The Morgan fingerprint density at radius 2 is 2.16 bits per heavy atom. The van der Waals surface area contributed by atoms with E-state index in [-0.39, 0.29) is 6.10 Å². The number of aromatic nitrogens is 2. The summed E-state index contributed by atoms with van der Waals surface area (Å²) in [4.78, 5) is 0. The van der Waals surface area contributed by atoms with E-state index in [0.29, 0.717) is 5.92 Å². The third kappa shape index (κ3) is 2.41. The molecule has 1 aliphatic heterocycles. The first-order valence-electron chi connectivity index (χ1n) is 6.65. The van der Waals surface area contributed by atoms with Crippen molar-refractivity contribution in [1.29, 1.82) is 0 Å². The lowest BCUT2D eigenvalue weighted by Gasteiger charge is -2.20. The third-order valence-electron chi connectivity index (χ3n) is 3.72. The molecule has 0 saturated carbocycles. The minimum Gasteiger partial charge on any atom is -0.386 e. The molecule has 0 radical (unpaired) electrons. The summed E-state index contributed by atoms with van der Waals surface area (Å²) in [6, 6.07) is 9.87. The Hall–Kier alpha value is -1.65. The van der Waals surface area contributed by atoms with E-state index >= 15 is 0 Å². The van der Waals surface area contributed by atoms with Gasteiger partial charge in [-0.15, -0.1) is 0 Å². The van der Waals surface area contributed by atoms with Crippen LogP contribution >= 0.6 is 0 Å². The molecule has 2 heterocycles. The van der Waals surface area contributed by atoms with Crippen molar-refractivity contribution in [3.8, 4) is 5.69 Å². The molecule has 100 valence electrons. The van der Waals surface area contributed by atoms with E-state index in [4.69, 9.17) is 4.74 Å². The predicted octanol–water partition coefficient (Wildman–Crippen LogP) is 2.33. The van der Waals surface area contributed by atoms with Crippen LogP contribution in [0.15, 0.2) is 42.7 Å². The van der Waals surface area contributed by atoms with Crippen LogP contribution in [-0.2, 0) is 4.74 Å². The summed E-state index contributed by atoms with van der Waals surface area (Å²) in [5, 5.41) is 14.7. The summed E-state index contributed by atoms with van der Waals surface area (Å²) >= 11 is 0. The maximum atomic E-state index is 10.4. The van der Waals surface area contributed by atoms with Crippen molar-refractivity contribution in [3.63, 3.8) is 0 Å². The third-order valence-corrected chi connectivity index (χ3v) is 3.72. The largest absolute Gasteiger partial charge is 0.386 e. The first-order valence-corrected chi connectivity index (χ1v) is 6.65. The van der Waals surface area contributed by atoms with Crippen LogP contribution in [0.3, 0.4) is 0 Å². The van der Waals surface area contributed by atoms with E-state index in [1.54, 1.807) is 10.9 Å². The molecule has 1 aliphatic rings. The van der Waals surface area contributed by atoms with Gasteiger partial charge in [0.05, 0.1) is 18.0 Å². The van der Waals surface area contributed by atoms with Gasteiger partial charge in [0.15, 0.2) is 0 Å². The molecule has 4 nitrogen and oxygen atoms in total. The van der Waals surface area contributed by atoms with Gasteiger partial charge in [-0.3, -0.25) is 0 Å². The van der Waals surface area contributed by atoms with Crippen molar-refractivity contribution in [1.82, 2.24) is 9.78 Å². The second kappa shape index (κ2) is 5.15. The van der Waals surface area contributed by atoms with E-state index in [0.717, 1.165) is 24.3 Å². The summed E-state index contributed by atoms with van der Waals surface area (Å²) in [5.74, 6) is 0.384. The van der Waals surface area contributed by atoms with Gasteiger partial charge in [-0.25, -0.2) is 4.68 Å². The molecule has 1 fully saturated rings. The number of nitrogens with zero attached hydrogens (tertiary/aromatic N) is 2. The van der Waals surface area contributed by atoms with Crippen LogP contribution in [-0.4, -0.2) is 27.6 Å². The maximum absolute atomic E-state index is 10.4. The van der Waals surface area contributed by atoms with Gasteiger partial charge in [0.2, 0.25) is 0 Å². The highest BCUT2D eigenvalue weighted by Gasteiger charge is 2.32. The van der Waals surface area contributed by atoms with Crippen molar-refractivity contribution >= 4 is 0 Å². The van der Waals surface area contributed by atoms with Gasteiger partial charge in [0, 0.05) is 18.4 Å². The average molecular weight is 258 g/mol. The van der Waals surface area contributed by atoms with E-state index in [9.17, 15) is 5.11 Å². The Morgan fingerprint density at radius 1 is 1.37 bits per heavy atom. The minimum absolute atomic E-state index is 0.117. The average Bonchev–Trinajstić information content (AvgIpc) is 3.08. The maximum Gasteiger partial charge on any atom is 0.108 e. The van der Waals surface area contributed by atoms with Crippen molar-refractivity contribution < 1.29 is 9.84 Å². The monoisotopic (exact) mass is 258 g/mol. The lowest BCUT2D eigenvalue weighted by atomic mass is 9.96. The molecule has 1 saturated heterocycles. The Labute approximate surface area is 112 Å². The first kappa shape index (κ1) is 12.4. The van der Waals surface area contributed by atoms with Crippen molar-refractivity contribution in [3.05, 3.63) is 48.3 Å². The van der Waals surface area contributed by atoms with Crippen LogP contribution in [0.2, 0.25) is 0 Å². The first-order chi connectivity index (χ1) is 9.25. The van der Waals surface area contributed by atoms with E-state index < -0.39 is 6.10 Å². The SMILES string of the molecule is CC1CCOC1C(O)c1cnn(-c2ccccc2)c1. The smallest absolute Gasteiger partial charge is 0.108 e. The predicted molar refractivity (Wildman–Crippen MR) is 72.0 cm³/mol. The highest BCUT2D eigenvalue weighted by atomic mass is 16.5. The van der Waals surface area contributed by atoms with Gasteiger partial charge in [0.1, 0.15) is 6.10 Å². The van der Waals surface area contributed by atoms with Crippen LogP contribution in [0, 0.1) is 5.92 Å². The molecular formula is C15H18N2O2. The van der Waals surface area contributed by atoms with Crippen LogP contribution in [0.4, 0.5) is 0 Å². The van der Waals surface area contributed by atoms with Gasteiger partial charge in [0.25, 0.3) is 0 Å². The molecule has 4 heteroatoms. The lowest BCUT2D eigenvalue weighted by Crippen LogP contribution is -2.22. The molecule has 0 spiro atoms. The molecule has 3 unspecified atom stereocenters. The summed E-state index contributed by atoms with van der Waals surface area (Å²) in [6.07, 6.45) is 3.87. The zero-order chi connectivity index (χ0) is 13.2. The highest BCUT2D eigenvalue weighted by Crippen LogP contribution is 2.31. The number of para-hydroxylation sites is 1. The quantitative estimate of drug-likeness (QED) is 0.919. The van der Waals surface area contributed by atoms with E-state index in [1.807, 2.05) is 36.5 Å². The summed E-state index contributed by atoms with van der Waals surface area (Å²) in [7, 11) is 0. The van der Waals surface area contributed by atoms with Gasteiger partial charge in [-0.2, -0.15) is 5.10 Å². The number of hydrogen-bond donors (Lipinski definition) is 1. The second-order valence-electron chi connectivity index (χ2n) is 5.10. The van der Waals surface area contributed by atoms with Gasteiger partial charge < -0.3 is 9.84 Å². The van der Waals surface area contributed by atoms with Crippen molar-refractivity contribution in [2.45, 2.75) is 25.6 Å². The number of aliphatic hydroxyl groups is 1. The standard InChI is InChI=1S/C15H18N2O2/c1-11-7-8-19-15(11)14(18)12-9-16-17(10-12)13-5-3-2-4-6-13/h2-6,9-11,14-15,18H,7-8H2,1H3. The number of ether oxygens (including phenoxy) is 1. The molecule has 1 aromatic carbocycles. The molecule has 2 aromatic rings. The minimum atomic E-state index is -0.602.